The molecule has 0 aliphatic carbocycles. The van der Waals surface area contributed by atoms with E-state index in [1.807, 2.05) is 0 Å². The maximum absolute atomic E-state index is 12.9. The van der Waals surface area contributed by atoms with E-state index in [1.54, 1.807) is 0 Å². The molecule has 0 aliphatic rings. The first-order chi connectivity index (χ1) is 35.5. The Bertz CT molecular complexity index is 1470. The number of allylic oxidation sites excluding steroid dienone is 18. The van der Waals surface area contributed by atoms with E-state index in [4.69, 9.17) is 14.2 Å². The van der Waals surface area contributed by atoms with Gasteiger partial charge in [0.25, 0.3) is 0 Å². The number of hydrogen-bond donors (Lipinski definition) is 0. The van der Waals surface area contributed by atoms with Gasteiger partial charge in [-0.25, -0.2) is 0 Å². The molecule has 0 saturated carbocycles. The van der Waals surface area contributed by atoms with Crippen molar-refractivity contribution < 1.29 is 28.6 Å². The summed E-state index contributed by atoms with van der Waals surface area (Å²) in [6.07, 6.45) is 80.7. The highest BCUT2D eigenvalue weighted by atomic mass is 16.6. The van der Waals surface area contributed by atoms with Crippen LogP contribution in [-0.4, -0.2) is 37.2 Å². The molecule has 0 aromatic heterocycles. The number of carbonyl (C=O) groups excluding carboxylic acids is 3. The minimum absolute atomic E-state index is 0.0940. The van der Waals surface area contributed by atoms with Crippen molar-refractivity contribution in [3.63, 3.8) is 0 Å². The maximum Gasteiger partial charge on any atom is 0.306 e. The van der Waals surface area contributed by atoms with Crippen LogP contribution in [0.25, 0.3) is 0 Å². The zero-order valence-electron chi connectivity index (χ0n) is 46.9. The van der Waals surface area contributed by atoms with Crippen LogP contribution in [0, 0.1) is 0 Å². The number of ether oxygens (including phenoxy) is 3. The second kappa shape index (κ2) is 59.6. The second-order valence-corrected chi connectivity index (χ2v) is 19.5. The van der Waals surface area contributed by atoms with Crippen LogP contribution >= 0.6 is 0 Å². The van der Waals surface area contributed by atoms with E-state index in [2.05, 4.69) is 130 Å². The third kappa shape index (κ3) is 57.0. The fourth-order valence-corrected chi connectivity index (χ4v) is 8.07. The first-order valence-electron chi connectivity index (χ1n) is 29.9. The molecule has 0 aliphatic heterocycles. The Morgan fingerprint density at radius 2 is 0.542 bits per heavy atom. The van der Waals surface area contributed by atoms with E-state index in [-0.39, 0.29) is 31.1 Å². The zero-order valence-corrected chi connectivity index (χ0v) is 46.9. The lowest BCUT2D eigenvalue weighted by atomic mass is 10.1. The van der Waals surface area contributed by atoms with Crippen molar-refractivity contribution >= 4 is 17.9 Å². The maximum atomic E-state index is 12.9. The van der Waals surface area contributed by atoms with Crippen LogP contribution in [0.3, 0.4) is 0 Å². The Morgan fingerprint density at radius 1 is 0.292 bits per heavy atom. The SMILES string of the molecule is CC/C=C\C/C=C\C/C=C\C/C=C\CCCCCCCCC(=O)OCC(COC(=O)CCCCCCC/C=C\CCCCCCCCC)OC(=O)CCCCCCCC/C=C\C/C=C\C/C=C\C/C=C\CC. The molecule has 6 nitrogen and oxygen atoms in total. The minimum atomic E-state index is -0.798. The van der Waals surface area contributed by atoms with E-state index < -0.39 is 6.10 Å². The highest BCUT2D eigenvalue weighted by molar-refractivity contribution is 5.71. The molecular formula is C66H110O6. The Balaban J connectivity index is 4.46. The van der Waals surface area contributed by atoms with Gasteiger partial charge in [0.05, 0.1) is 0 Å². The molecule has 0 amide bonds. The van der Waals surface area contributed by atoms with Gasteiger partial charge in [-0.3, -0.25) is 14.4 Å². The molecular weight excluding hydrogens is 889 g/mol. The third-order valence-corrected chi connectivity index (χ3v) is 12.5. The first-order valence-corrected chi connectivity index (χ1v) is 29.9. The summed E-state index contributed by atoms with van der Waals surface area (Å²) in [5, 5.41) is 0. The summed E-state index contributed by atoms with van der Waals surface area (Å²) < 4.78 is 16.9. The Labute approximate surface area is 444 Å². The van der Waals surface area contributed by atoms with Crippen molar-refractivity contribution in [3.8, 4) is 0 Å². The summed E-state index contributed by atoms with van der Waals surface area (Å²) in [7, 11) is 0. The Morgan fingerprint density at radius 3 is 0.861 bits per heavy atom. The molecule has 410 valence electrons. The van der Waals surface area contributed by atoms with Gasteiger partial charge in [0.1, 0.15) is 13.2 Å². The molecule has 0 N–H and O–H groups in total. The highest BCUT2D eigenvalue weighted by Gasteiger charge is 2.19. The fraction of sp³-hybridized carbons (Fsp3) is 0.682. The largest absolute Gasteiger partial charge is 0.462 e. The summed E-state index contributed by atoms with van der Waals surface area (Å²) in [5.41, 5.74) is 0. The van der Waals surface area contributed by atoms with Crippen molar-refractivity contribution in [1.82, 2.24) is 0 Å². The minimum Gasteiger partial charge on any atom is -0.462 e. The highest BCUT2D eigenvalue weighted by Crippen LogP contribution is 2.14. The van der Waals surface area contributed by atoms with Crippen LogP contribution in [0.5, 0.6) is 0 Å². The summed E-state index contributed by atoms with van der Waals surface area (Å²) in [6.45, 7) is 6.39. The van der Waals surface area contributed by atoms with E-state index in [9.17, 15) is 14.4 Å². The standard InChI is InChI=1S/C66H110O6/c1-4-7-10-13-16-19-22-25-28-31-33-35-38-41-44-47-50-53-56-59-65(68)71-62-63(61-70-64(67)58-55-52-49-46-43-40-37-30-27-24-21-18-15-12-9-6-3)72-66(69)60-57-54-51-48-45-42-39-36-34-32-29-26-23-20-17-14-11-8-5-2/h7-8,10-11,16-17,19-20,25-26,28-30,33-37,63H,4-6,9,12-15,18,21-24,27,31-32,38-62H2,1-3H3/b10-7-,11-8-,19-16-,20-17-,28-25-,29-26-,35-33-,36-34-,37-30-. The van der Waals surface area contributed by atoms with Crippen LogP contribution in [-0.2, 0) is 28.6 Å². The number of carbonyl (C=O) groups is 3. The lowest BCUT2D eigenvalue weighted by molar-refractivity contribution is -0.167. The normalized spacial score (nSPS) is 12.9. The molecule has 6 heteroatoms. The van der Waals surface area contributed by atoms with Crippen molar-refractivity contribution in [1.29, 1.82) is 0 Å². The fourth-order valence-electron chi connectivity index (χ4n) is 8.07. The predicted octanol–water partition coefficient (Wildman–Crippen LogP) is 20.3. The van der Waals surface area contributed by atoms with Crippen molar-refractivity contribution in [3.05, 3.63) is 109 Å². The van der Waals surface area contributed by atoms with Crippen molar-refractivity contribution in [2.45, 2.75) is 277 Å². The number of unbranched alkanes of at least 4 members (excludes halogenated alkanes) is 24. The topological polar surface area (TPSA) is 78.9 Å². The van der Waals surface area contributed by atoms with E-state index in [0.29, 0.717) is 19.3 Å². The van der Waals surface area contributed by atoms with E-state index in [0.717, 1.165) is 141 Å². The van der Waals surface area contributed by atoms with Crippen LogP contribution in [0.15, 0.2) is 109 Å². The van der Waals surface area contributed by atoms with Crippen LogP contribution < -0.4 is 0 Å². The van der Waals surface area contributed by atoms with Crippen LogP contribution in [0.1, 0.15) is 271 Å². The second-order valence-electron chi connectivity index (χ2n) is 19.5. The predicted molar refractivity (Wildman–Crippen MR) is 311 cm³/mol. The molecule has 1 unspecified atom stereocenters. The molecule has 1 atom stereocenters. The molecule has 0 heterocycles. The van der Waals surface area contributed by atoms with E-state index >= 15 is 0 Å². The zero-order chi connectivity index (χ0) is 52.2. The molecule has 0 rings (SSSR count). The van der Waals surface area contributed by atoms with Gasteiger partial charge in [-0.1, -0.05) is 239 Å². The average Bonchev–Trinajstić information content (AvgIpc) is 3.38. The molecule has 0 aromatic carbocycles. The summed E-state index contributed by atoms with van der Waals surface area (Å²) in [6, 6.07) is 0. The van der Waals surface area contributed by atoms with Crippen LogP contribution in [0.4, 0.5) is 0 Å². The number of rotatable bonds is 53. The smallest absolute Gasteiger partial charge is 0.306 e. The average molecular weight is 1000 g/mol. The molecule has 72 heavy (non-hydrogen) atoms. The molecule has 0 spiro atoms. The summed E-state index contributed by atoms with van der Waals surface area (Å²) in [4.78, 5) is 38.3. The third-order valence-electron chi connectivity index (χ3n) is 12.5. The van der Waals surface area contributed by atoms with Gasteiger partial charge in [0.2, 0.25) is 0 Å². The monoisotopic (exact) mass is 999 g/mol. The van der Waals surface area contributed by atoms with Gasteiger partial charge in [0.15, 0.2) is 6.10 Å². The van der Waals surface area contributed by atoms with Crippen molar-refractivity contribution in [2.24, 2.45) is 0 Å². The van der Waals surface area contributed by atoms with Gasteiger partial charge < -0.3 is 14.2 Å². The summed E-state index contributed by atoms with van der Waals surface area (Å²) in [5.74, 6) is -0.926. The van der Waals surface area contributed by atoms with Crippen molar-refractivity contribution in [2.75, 3.05) is 13.2 Å². The quantitative estimate of drug-likeness (QED) is 0.0261. The van der Waals surface area contributed by atoms with Gasteiger partial charge in [0, 0.05) is 19.3 Å². The van der Waals surface area contributed by atoms with Crippen LogP contribution in [0.2, 0.25) is 0 Å². The number of esters is 3. The first kappa shape index (κ1) is 68.1. The number of hydrogen-bond acceptors (Lipinski definition) is 6. The molecule has 0 saturated heterocycles. The lowest BCUT2D eigenvalue weighted by Crippen LogP contribution is -2.30. The van der Waals surface area contributed by atoms with Gasteiger partial charge >= 0.3 is 17.9 Å². The molecule has 0 radical (unpaired) electrons. The Hall–Kier alpha value is -3.93. The molecule has 0 bridgehead atoms. The van der Waals surface area contributed by atoms with Gasteiger partial charge in [-0.2, -0.15) is 0 Å². The van der Waals surface area contributed by atoms with E-state index in [1.165, 1.54) is 89.9 Å². The Kier molecular flexibility index (Phi) is 56.4. The van der Waals surface area contributed by atoms with Gasteiger partial charge in [-0.15, -0.1) is 0 Å². The summed E-state index contributed by atoms with van der Waals surface area (Å²) >= 11 is 0. The van der Waals surface area contributed by atoms with Gasteiger partial charge in [-0.05, 0) is 122 Å². The lowest BCUT2D eigenvalue weighted by Gasteiger charge is -2.18. The molecule has 0 aromatic rings. The molecule has 0 fully saturated rings.